The average Bonchev–Trinajstić information content (AvgIpc) is 2.21. The molecule has 0 fully saturated rings. The number of hydrogen-bond donors (Lipinski definition) is 3. The molecule has 0 amide bonds. The van der Waals surface area contributed by atoms with Crippen LogP contribution in [0.25, 0.3) is 0 Å². The lowest BCUT2D eigenvalue weighted by atomic mass is 9.95. The first-order valence-corrected chi connectivity index (χ1v) is 4.99. The van der Waals surface area contributed by atoms with Crippen LogP contribution in [0.2, 0.25) is 0 Å². The molecule has 3 N–H and O–H groups in total. The number of pyridine rings is 1. The van der Waals surface area contributed by atoms with Crippen molar-refractivity contribution in [3.63, 3.8) is 0 Å². The molecule has 15 heavy (non-hydrogen) atoms. The number of aromatic hydroxyl groups is 1. The third kappa shape index (κ3) is 4.27. The molecule has 0 aliphatic heterocycles. The Hall–Kier alpha value is -1.13. The Morgan fingerprint density at radius 3 is 2.67 bits per heavy atom. The van der Waals surface area contributed by atoms with E-state index in [0.717, 1.165) is 12.2 Å². The quantitative estimate of drug-likeness (QED) is 0.675. The van der Waals surface area contributed by atoms with Gasteiger partial charge in [0.25, 0.3) is 0 Å². The van der Waals surface area contributed by atoms with E-state index in [-0.39, 0.29) is 17.8 Å². The van der Waals surface area contributed by atoms with Crippen LogP contribution in [-0.4, -0.2) is 28.3 Å². The van der Waals surface area contributed by atoms with E-state index >= 15 is 0 Å². The van der Waals surface area contributed by atoms with E-state index in [1.807, 2.05) is 13.8 Å². The lowest BCUT2D eigenvalue weighted by Gasteiger charge is -2.21. The summed E-state index contributed by atoms with van der Waals surface area (Å²) in [5.41, 5.74) is 0.762. The van der Waals surface area contributed by atoms with Gasteiger partial charge in [-0.05, 0) is 12.1 Å². The highest BCUT2D eigenvalue weighted by molar-refractivity contribution is 5.17. The molecule has 0 spiro atoms. The summed E-state index contributed by atoms with van der Waals surface area (Å²) in [6.45, 7) is 5.51. The summed E-state index contributed by atoms with van der Waals surface area (Å²) in [5.74, 6) is 0.175. The third-order valence-electron chi connectivity index (χ3n) is 2.15. The van der Waals surface area contributed by atoms with Crippen molar-refractivity contribution in [3.05, 3.63) is 24.0 Å². The lowest BCUT2D eigenvalue weighted by molar-refractivity contribution is 0.156. The van der Waals surface area contributed by atoms with Gasteiger partial charge in [0.05, 0.1) is 11.9 Å². The number of rotatable bonds is 5. The highest BCUT2D eigenvalue weighted by atomic mass is 16.3. The zero-order valence-corrected chi connectivity index (χ0v) is 9.20. The standard InChI is InChI=1S/C11H18N2O2/c1-11(2,8-14)7-12-5-9-3-4-10(15)6-13-9/h3-4,6,12,14-15H,5,7-8H2,1-2H3. The van der Waals surface area contributed by atoms with Crippen molar-refractivity contribution < 1.29 is 10.2 Å². The topological polar surface area (TPSA) is 65.4 Å². The Balaban J connectivity index is 2.35. The van der Waals surface area contributed by atoms with Crippen molar-refractivity contribution in [2.75, 3.05) is 13.2 Å². The molecule has 84 valence electrons. The fraction of sp³-hybridized carbons (Fsp3) is 0.545. The molecule has 1 rings (SSSR count). The van der Waals surface area contributed by atoms with Gasteiger partial charge in [0.1, 0.15) is 5.75 Å². The minimum absolute atomic E-state index is 0.114. The maximum Gasteiger partial charge on any atom is 0.133 e. The first-order chi connectivity index (χ1) is 7.03. The Kier molecular flexibility index (Phi) is 4.05. The van der Waals surface area contributed by atoms with Gasteiger partial charge in [0.2, 0.25) is 0 Å². The van der Waals surface area contributed by atoms with E-state index in [1.54, 1.807) is 12.1 Å². The van der Waals surface area contributed by atoms with Gasteiger partial charge >= 0.3 is 0 Å². The van der Waals surface area contributed by atoms with Crippen molar-refractivity contribution in [1.29, 1.82) is 0 Å². The van der Waals surface area contributed by atoms with E-state index in [9.17, 15) is 0 Å². The highest BCUT2D eigenvalue weighted by Gasteiger charge is 2.15. The molecule has 0 unspecified atom stereocenters. The van der Waals surface area contributed by atoms with Crippen LogP contribution in [0.15, 0.2) is 18.3 Å². The van der Waals surface area contributed by atoms with E-state index in [0.29, 0.717) is 6.54 Å². The minimum atomic E-state index is -0.114. The maximum atomic E-state index is 9.04. The fourth-order valence-corrected chi connectivity index (χ4v) is 1.11. The van der Waals surface area contributed by atoms with Crippen LogP contribution in [0.1, 0.15) is 19.5 Å². The first kappa shape index (κ1) is 11.9. The molecule has 4 nitrogen and oxygen atoms in total. The van der Waals surface area contributed by atoms with Gasteiger partial charge in [-0.3, -0.25) is 4.98 Å². The molecule has 1 aromatic rings. The summed E-state index contributed by atoms with van der Waals surface area (Å²) in [7, 11) is 0. The number of nitrogens with zero attached hydrogens (tertiary/aromatic N) is 1. The van der Waals surface area contributed by atoms with Gasteiger partial charge in [0, 0.05) is 25.1 Å². The predicted molar refractivity (Wildman–Crippen MR) is 58.5 cm³/mol. The van der Waals surface area contributed by atoms with Crippen molar-refractivity contribution in [1.82, 2.24) is 10.3 Å². The van der Waals surface area contributed by atoms with E-state index < -0.39 is 0 Å². The second-order valence-electron chi connectivity index (χ2n) is 4.43. The van der Waals surface area contributed by atoms with E-state index in [1.165, 1.54) is 6.20 Å². The second-order valence-corrected chi connectivity index (χ2v) is 4.43. The fourth-order valence-electron chi connectivity index (χ4n) is 1.11. The minimum Gasteiger partial charge on any atom is -0.506 e. The summed E-state index contributed by atoms with van der Waals surface area (Å²) < 4.78 is 0. The summed E-state index contributed by atoms with van der Waals surface area (Å²) in [5, 5.41) is 21.3. The lowest BCUT2D eigenvalue weighted by Crippen LogP contribution is -2.32. The Labute approximate surface area is 90.0 Å². The van der Waals surface area contributed by atoms with Crippen LogP contribution in [0.3, 0.4) is 0 Å². The van der Waals surface area contributed by atoms with Crippen LogP contribution >= 0.6 is 0 Å². The molecule has 1 heterocycles. The molecule has 0 aliphatic rings. The second kappa shape index (κ2) is 5.09. The molecule has 0 atom stereocenters. The van der Waals surface area contributed by atoms with Crippen molar-refractivity contribution >= 4 is 0 Å². The van der Waals surface area contributed by atoms with Gasteiger partial charge in [-0.1, -0.05) is 13.8 Å². The zero-order chi connectivity index (χ0) is 11.3. The molecule has 0 saturated heterocycles. The number of nitrogens with one attached hydrogen (secondary N) is 1. The third-order valence-corrected chi connectivity index (χ3v) is 2.15. The Morgan fingerprint density at radius 1 is 1.40 bits per heavy atom. The molecular formula is C11H18N2O2. The summed E-state index contributed by atoms with van der Waals surface area (Å²) in [6, 6.07) is 3.38. The van der Waals surface area contributed by atoms with Gasteiger partial charge in [-0.25, -0.2) is 0 Å². The maximum absolute atomic E-state index is 9.04. The largest absolute Gasteiger partial charge is 0.506 e. The normalized spacial score (nSPS) is 11.7. The van der Waals surface area contributed by atoms with Crippen molar-refractivity contribution in [2.45, 2.75) is 20.4 Å². The Bertz CT molecular complexity index is 296. The van der Waals surface area contributed by atoms with Crippen molar-refractivity contribution in [2.24, 2.45) is 5.41 Å². The molecule has 0 bridgehead atoms. The predicted octanol–water partition coefficient (Wildman–Crippen LogP) is 0.895. The Morgan fingerprint density at radius 2 is 2.13 bits per heavy atom. The SMILES string of the molecule is CC(C)(CO)CNCc1ccc(O)cn1. The summed E-state index contributed by atoms with van der Waals surface area (Å²) in [6.07, 6.45) is 1.42. The smallest absolute Gasteiger partial charge is 0.133 e. The van der Waals surface area contributed by atoms with Crippen LogP contribution < -0.4 is 5.32 Å². The molecule has 0 radical (unpaired) electrons. The average molecular weight is 210 g/mol. The van der Waals surface area contributed by atoms with Gasteiger partial charge in [0.15, 0.2) is 0 Å². The van der Waals surface area contributed by atoms with E-state index in [4.69, 9.17) is 10.2 Å². The van der Waals surface area contributed by atoms with Gasteiger partial charge in [-0.2, -0.15) is 0 Å². The molecule has 1 aromatic heterocycles. The summed E-state index contributed by atoms with van der Waals surface area (Å²) >= 11 is 0. The van der Waals surface area contributed by atoms with Crippen LogP contribution in [0, 0.1) is 5.41 Å². The number of aliphatic hydroxyl groups excluding tert-OH is 1. The first-order valence-electron chi connectivity index (χ1n) is 4.99. The number of aliphatic hydroxyl groups is 1. The molecule has 0 aromatic carbocycles. The summed E-state index contributed by atoms with van der Waals surface area (Å²) in [4.78, 5) is 4.05. The van der Waals surface area contributed by atoms with Gasteiger partial charge < -0.3 is 15.5 Å². The van der Waals surface area contributed by atoms with Crippen molar-refractivity contribution in [3.8, 4) is 5.75 Å². The zero-order valence-electron chi connectivity index (χ0n) is 9.20. The van der Waals surface area contributed by atoms with E-state index in [2.05, 4.69) is 10.3 Å². The van der Waals surface area contributed by atoms with Crippen LogP contribution in [0.5, 0.6) is 5.75 Å². The monoisotopic (exact) mass is 210 g/mol. The number of aromatic nitrogens is 1. The molecule has 0 aliphatic carbocycles. The molecular weight excluding hydrogens is 192 g/mol. The highest BCUT2D eigenvalue weighted by Crippen LogP contribution is 2.11. The molecule has 4 heteroatoms. The van der Waals surface area contributed by atoms with Crippen LogP contribution in [0.4, 0.5) is 0 Å². The van der Waals surface area contributed by atoms with Gasteiger partial charge in [-0.15, -0.1) is 0 Å². The van der Waals surface area contributed by atoms with Crippen LogP contribution in [-0.2, 0) is 6.54 Å². The molecule has 0 saturated carbocycles. The number of hydrogen-bond acceptors (Lipinski definition) is 4.